The number of fused-ring (bicyclic) bond motifs is 1. The van der Waals surface area contributed by atoms with Gasteiger partial charge in [-0.15, -0.1) is 0 Å². The van der Waals surface area contributed by atoms with E-state index in [1.165, 1.54) is 0 Å². The van der Waals surface area contributed by atoms with E-state index >= 15 is 0 Å². The van der Waals surface area contributed by atoms with Gasteiger partial charge in [0.25, 0.3) is 0 Å². The number of aliphatic hydroxyl groups is 1. The summed E-state index contributed by atoms with van der Waals surface area (Å²) in [6.07, 6.45) is 3.50. The number of aliphatic hydroxyl groups excluding tert-OH is 1. The number of halogens is 3. The average molecular weight is 384 g/mol. The number of pyridine rings is 1. The van der Waals surface area contributed by atoms with Crippen molar-refractivity contribution in [2.45, 2.75) is 51.4 Å². The first-order valence-electron chi connectivity index (χ1n) is 9.11. The van der Waals surface area contributed by atoms with Crippen LogP contribution in [-0.4, -0.2) is 27.8 Å². The van der Waals surface area contributed by atoms with Crippen molar-refractivity contribution in [3.05, 3.63) is 40.7 Å². The Labute approximate surface area is 157 Å². The fraction of sp³-hybridized carbons (Fsp3) is 0.550. The Balaban J connectivity index is 1.78. The number of carbonyl (C=O) groups excluding carboxylic acids is 1. The van der Waals surface area contributed by atoms with Gasteiger partial charge in [0.2, 0.25) is 5.92 Å². The van der Waals surface area contributed by atoms with Gasteiger partial charge in [-0.2, -0.15) is 0 Å². The molecule has 6 heteroatoms. The van der Waals surface area contributed by atoms with E-state index in [2.05, 4.69) is 0 Å². The SMILES string of the molecule is CC1CC(CCC(=O)c2cc(CCO)n3cccc(Cl)c23)CC(F)(F)C1. The third kappa shape index (κ3) is 4.09. The number of nitrogens with zero attached hydrogens (tertiary/aromatic N) is 1. The molecule has 0 amide bonds. The van der Waals surface area contributed by atoms with Gasteiger partial charge < -0.3 is 9.51 Å². The van der Waals surface area contributed by atoms with E-state index in [-0.39, 0.29) is 43.5 Å². The number of alkyl halides is 2. The van der Waals surface area contributed by atoms with Crippen molar-refractivity contribution in [3.8, 4) is 0 Å². The molecule has 2 heterocycles. The molecule has 2 aromatic heterocycles. The molecule has 0 saturated heterocycles. The molecule has 26 heavy (non-hydrogen) atoms. The molecule has 2 atom stereocenters. The number of carbonyl (C=O) groups is 1. The Morgan fingerprint density at radius 2 is 2.19 bits per heavy atom. The number of ketones is 1. The van der Waals surface area contributed by atoms with Gasteiger partial charge in [0, 0.05) is 49.7 Å². The van der Waals surface area contributed by atoms with Gasteiger partial charge >= 0.3 is 0 Å². The van der Waals surface area contributed by atoms with Crippen LogP contribution in [0.25, 0.3) is 5.52 Å². The summed E-state index contributed by atoms with van der Waals surface area (Å²) in [6.45, 7) is 1.82. The maximum atomic E-state index is 13.8. The van der Waals surface area contributed by atoms with Crippen molar-refractivity contribution in [1.29, 1.82) is 0 Å². The third-order valence-electron chi connectivity index (χ3n) is 5.24. The molecular formula is C20H24ClF2NO2. The van der Waals surface area contributed by atoms with Crippen LogP contribution in [0.3, 0.4) is 0 Å². The lowest BCUT2D eigenvalue weighted by Gasteiger charge is -2.33. The van der Waals surface area contributed by atoms with Gasteiger partial charge in [0.05, 0.1) is 10.5 Å². The summed E-state index contributed by atoms with van der Waals surface area (Å²) >= 11 is 6.29. The van der Waals surface area contributed by atoms with E-state index in [0.717, 1.165) is 12.1 Å². The molecule has 1 aliphatic rings. The Morgan fingerprint density at radius 3 is 2.88 bits per heavy atom. The van der Waals surface area contributed by atoms with Crippen LogP contribution < -0.4 is 0 Å². The Kier molecular flexibility index (Phi) is 5.68. The zero-order valence-corrected chi connectivity index (χ0v) is 15.6. The number of rotatable bonds is 6. The highest BCUT2D eigenvalue weighted by molar-refractivity contribution is 6.35. The largest absolute Gasteiger partial charge is 0.396 e. The van der Waals surface area contributed by atoms with Crippen LogP contribution in [0.4, 0.5) is 8.78 Å². The van der Waals surface area contributed by atoms with Crippen LogP contribution in [0.5, 0.6) is 0 Å². The van der Waals surface area contributed by atoms with Crippen LogP contribution in [0, 0.1) is 11.8 Å². The average Bonchev–Trinajstić information content (AvgIpc) is 2.91. The van der Waals surface area contributed by atoms with E-state index in [9.17, 15) is 18.7 Å². The van der Waals surface area contributed by atoms with Crippen molar-refractivity contribution in [3.63, 3.8) is 0 Å². The standard InChI is InChI=1S/C20H24ClF2NO2/c1-13-9-14(12-20(22,23)11-13)4-5-18(26)16-10-15(6-8-25)24-7-2-3-17(21)19(16)24/h2-3,7,10,13-14,25H,4-6,8-9,11-12H2,1H3. The monoisotopic (exact) mass is 383 g/mol. The molecule has 2 unspecified atom stereocenters. The first-order valence-corrected chi connectivity index (χ1v) is 9.49. The topological polar surface area (TPSA) is 41.7 Å². The molecule has 1 saturated carbocycles. The zero-order chi connectivity index (χ0) is 18.9. The fourth-order valence-corrected chi connectivity index (χ4v) is 4.51. The van der Waals surface area contributed by atoms with Crippen molar-refractivity contribution in [1.82, 2.24) is 4.40 Å². The van der Waals surface area contributed by atoms with Gasteiger partial charge in [0.1, 0.15) is 0 Å². The fourth-order valence-electron chi connectivity index (χ4n) is 4.25. The van der Waals surface area contributed by atoms with Crippen LogP contribution in [0.2, 0.25) is 5.02 Å². The van der Waals surface area contributed by atoms with Gasteiger partial charge in [-0.1, -0.05) is 18.5 Å². The minimum atomic E-state index is -2.62. The van der Waals surface area contributed by atoms with Crippen LogP contribution in [0.15, 0.2) is 24.4 Å². The summed E-state index contributed by atoms with van der Waals surface area (Å²) in [7, 11) is 0. The lowest BCUT2D eigenvalue weighted by Crippen LogP contribution is -2.30. The Morgan fingerprint density at radius 1 is 1.42 bits per heavy atom. The normalized spacial score (nSPS) is 22.7. The molecule has 3 rings (SSSR count). The summed E-state index contributed by atoms with van der Waals surface area (Å²) in [5, 5.41) is 9.71. The Hall–Kier alpha value is -1.46. The predicted octanol–water partition coefficient (Wildman–Crippen LogP) is 5.16. The van der Waals surface area contributed by atoms with E-state index in [0.29, 0.717) is 28.9 Å². The minimum absolute atomic E-state index is 0.0141. The second kappa shape index (κ2) is 7.65. The molecule has 0 spiro atoms. The van der Waals surface area contributed by atoms with Gasteiger partial charge in [-0.05, 0) is 42.9 Å². The molecule has 2 aromatic rings. The molecular weight excluding hydrogens is 360 g/mol. The highest BCUT2D eigenvalue weighted by atomic mass is 35.5. The summed E-state index contributed by atoms with van der Waals surface area (Å²) in [5.74, 6) is -2.84. The van der Waals surface area contributed by atoms with Gasteiger partial charge in [-0.25, -0.2) is 8.78 Å². The number of hydrogen-bond donors (Lipinski definition) is 1. The smallest absolute Gasteiger partial charge is 0.248 e. The molecule has 142 valence electrons. The summed E-state index contributed by atoms with van der Waals surface area (Å²) in [6, 6.07) is 5.27. The van der Waals surface area contributed by atoms with Crippen molar-refractivity contribution in [2.75, 3.05) is 6.61 Å². The molecule has 0 aliphatic heterocycles. The summed E-state index contributed by atoms with van der Waals surface area (Å²) in [5.41, 5.74) is 1.95. The van der Waals surface area contributed by atoms with E-state index in [1.54, 1.807) is 18.2 Å². The molecule has 0 aromatic carbocycles. The number of Topliss-reactive ketones (excluding diaryl/α,β-unsaturated/α-hetero) is 1. The highest BCUT2D eigenvalue weighted by Gasteiger charge is 2.39. The molecule has 1 N–H and O–H groups in total. The highest BCUT2D eigenvalue weighted by Crippen LogP contribution is 2.41. The van der Waals surface area contributed by atoms with Crippen LogP contribution in [-0.2, 0) is 6.42 Å². The molecule has 1 aliphatic carbocycles. The predicted molar refractivity (Wildman–Crippen MR) is 98.2 cm³/mol. The maximum Gasteiger partial charge on any atom is 0.248 e. The second-order valence-corrected chi connectivity index (χ2v) is 7.94. The molecule has 0 bridgehead atoms. The maximum absolute atomic E-state index is 13.8. The first-order chi connectivity index (χ1) is 12.3. The van der Waals surface area contributed by atoms with Gasteiger partial charge in [0.15, 0.2) is 5.78 Å². The van der Waals surface area contributed by atoms with E-state index < -0.39 is 5.92 Å². The molecule has 1 fully saturated rings. The Bertz CT molecular complexity index is 802. The summed E-state index contributed by atoms with van der Waals surface area (Å²) < 4.78 is 29.4. The molecule has 0 radical (unpaired) electrons. The summed E-state index contributed by atoms with van der Waals surface area (Å²) in [4.78, 5) is 12.8. The van der Waals surface area contributed by atoms with Gasteiger partial charge in [-0.3, -0.25) is 4.79 Å². The minimum Gasteiger partial charge on any atom is -0.396 e. The van der Waals surface area contributed by atoms with E-state index in [4.69, 9.17) is 11.6 Å². The first kappa shape index (κ1) is 19.3. The van der Waals surface area contributed by atoms with E-state index in [1.807, 2.05) is 17.5 Å². The number of hydrogen-bond acceptors (Lipinski definition) is 2. The van der Waals surface area contributed by atoms with Crippen LogP contribution >= 0.6 is 11.6 Å². The molecule has 3 nitrogen and oxygen atoms in total. The van der Waals surface area contributed by atoms with Crippen LogP contribution in [0.1, 0.15) is 55.1 Å². The number of aromatic nitrogens is 1. The lowest BCUT2D eigenvalue weighted by atomic mass is 9.77. The third-order valence-corrected chi connectivity index (χ3v) is 5.54. The second-order valence-electron chi connectivity index (χ2n) is 7.53. The quantitative estimate of drug-likeness (QED) is 0.700. The van der Waals surface area contributed by atoms with Crippen molar-refractivity contribution in [2.24, 2.45) is 11.8 Å². The van der Waals surface area contributed by atoms with Crippen molar-refractivity contribution < 1.29 is 18.7 Å². The zero-order valence-electron chi connectivity index (χ0n) is 14.9. The van der Waals surface area contributed by atoms with Crippen molar-refractivity contribution >= 4 is 22.9 Å². The lowest BCUT2D eigenvalue weighted by molar-refractivity contribution is -0.0703.